The molecule has 4 aromatic rings. The van der Waals surface area contributed by atoms with E-state index in [2.05, 4.69) is 10.6 Å². The molecule has 0 radical (unpaired) electrons. The molecule has 1 atom stereocenters. The second-order valence-electron chi connectivity index (χ2n) is 9.35. The fourth-order valence-corrected chi connectivity index (χ4v) is 7.08. The topological polar surface area (TPSA) is 97.6 Å². The Kier molecular flexibility index (Phi) is 9.03. The molecule has 206 valence electrons. The van der Waals surface area contributed by atoms with E-state index in [9.17, 15) is 14.4 Å². The molecule has 1 aliphatic rings. The van der Waals surface area contributed by atoms with E-state index < -0.39 is 5.25 Å². The molecule has 1 unspecified atom stereocenters. The number of aryl methyl sites for hydroxylation is 1. The zero-order valence-corrected chi connectivity index (χ0v) is 23.7. The van der Waals surface area contributed by atoms with Crippen LogP contribution in [0.5, 0.6) is 0 Å². The van der Waals surface area contributed by atoms with Crippen molar-refractivity contribution in [1.82, 2.24) is 0 Å². The third-order valence-electron chi connectivity index (χ3n) is 6.57. The van der Waals surface area contributed by atoms with Crippen molar-refractivity contribution in [3.05, 3.63) is 100 Å². The Labute approximate surface area is 241 Å². The van der Waals surface area contributed by atoms with Crippen molar-refractivity contribution in [2.45, 2.75) is 49.2 Å². The molecule has 2 aromatic heterocycles. The second-order valence-corrected chi connectivity index (χ2v) is 11.6. The number of esters is 1. The van der Waals surface area contributed by atoms with Crippen LogP contribution in [0.1, 0.15) is 68.4 Å². The molecule has 40 heavy (non-hydrogen) atoms. The first-order chi connectivity index (χ1) is 19.5. The SMILES string of the molecule is CCOC(=O)c1c(NC(=O)C(Sc2cccc(NC(=O)c3ccco3)c2)c2ccccc2)sc2c1CCCCC2. The first kappa shape index (κ1) is 27.7. The molecule has 2 aromatic carbocycles. The van der Waals surface area contributed by atoms with Crippen LogP contribution >= 0.6 is 23.1 Å². The Morgan fingerprint density at radius 2 is 1.80 bits per heavy atom. The van der Waals surface area contributed by atoms with Gasteiger partial charge in [-0.15, -0.1) is 23.1 Å². The number of thiophene rings is 1. The normalized spacial score (nSPS) is 13.5. The van der Waals surface area contributed by atoms with Crippen LogP contribution < -0.4 is 10.6 Å². The van der Waals surface area contributed by atoms with Gasteiger partial charge in [0.1, 0.15) is 10.3 Å². The number of nitrogens with one attached hydrogen (secondary N) is 2. The zero-order valence-electron chi connectivity index (χ0n) is 22.1. The van der Waals surface area contributed by atoms with Gasteiger partial charge in [0.05, 0.1) is 18.4 Å². The van der Waals surface area contributed by atoms with E-state index in [1.54, 1.807) is 25.1 Å². The van der Waals surface area contributed by atoms with E-state index >= 15 is 0 Å². The Morgan fingerprint density at radius 3 is 2.58 bits per heavy atom. The minimum Gasteiger partial charge on any atom is -0.462 e. The first-order valence-electron chi connectivity index (χ1n) is 13.3. The molecule has 0 saturated heterocycles. The van der Waals surface area contributed by atoms with Crippen LogP contribution in [0.3, 0.4) is 0 Å². The number of thioether (sulfide) groups is 1. The Balaban J connectivity index is 1.41. The van der Waals surface area contributed by atoms with Gasteiger partial charge in [-0.3, -0.25) is 9.59 Å². The van der Waals surface area contributed by atoms with Gasteiger partial charge in [-0.05, 0) is 74.1 Å². The number of carbonyl (C=O) groups is 3. The number of hydrogen-bond donors (Lipinski definition) is 2. The summed E-state index contributed by atoms with van der Waals surface area (Å²) < 4.78 is 10.6. The number of carbonyl (C=O) groups excluding carboxylic acids is 3. The quantitative estimate of drug-likeness (QED) is 0.122. The van der Waals surface area contributed by atoms with E-state index in [-0.39, 0.29) is 30.2 Å². The maximum Gasteiger partial charge on any atom is 0.341 e. The summed E-state index contributed by atoms with van der Waals surface area (Å²) in [5, 5.41) is 5.87. The highest BCUT2D eigenvalue weighted by Crippen LogP contribution is 2.41. The molecule has 0 fully saturated rings. The monoisotopic (exact) mass is 574 g/mol. The van der Waals surface area contributed by atoms with Gasteiger partial charge in [-0.25, -0.2) is 4.79 Å². The third-order valence-corrected chi connectivity index (χ3v) is 9.02. The lowest BCUT2D eigenvalue weighted by molar-refractivity contribution is -0.115. The zero-order chi connectivity index (χ0) is 27.9. The molecule has 2 N–H and O–H groups in total. The smallest absolute Gasteiger partial charge is 0.341 e. The summed E-state index contributed by atoms with van der Waals surface area (Å²) >= 11 is 2.86. The minimum absolute atomic E-state index is 0.214. The molecule has 0 saturated carbocycles. The van der Waals surface area contributed by atoms with Crippen LogP contribution in [0.2, 0.25) is 0 Å². The first-order valence-corrected chi connectivity index (χ1v) is 15.0. The van der Waals surface area contributed by atoms with E-state index in [4.69, 9.17) is 9.15 Å². The second kappa shape index (κ2) is 13.0. The van der Waals surface area contributed by atoms with Gasteiger partial charge in [0.2, 0.25) is 5.91 Å². The minimum atomic E-state index is -0.603. The van der Waals surface area contributed by atoms with E-state index in [0.717, 1.165) is 53.0 Å². The number of fused-ring (bicyclic) bond motifs is 1. The lowest BCUT2D eigenvalue weighted by Crippen LogP contribution is -2.20. The summed E-state index contributed by atoms with van der Waals surface area (Å²) in [7, 11) is 0. The average molecular weight is 575 g/mol. The Bertz CT molecular complexity index is 1480. The Morgan fingerprint density at radius 1 is 0.975 bits per heavy atom. The maximum atomic E-state index is 13.9. The van der Waals surface area contributed by atoms with Gasteiger partial charge in [0.25, 0.3) is 5.91 Å². The molecule has 7 nitrogen and oxygen atoms in total. The average Bonchev–Trinajstić information content (AvgIpc) is 3.56. The van der Waals surface area contributed by atoms with Crippen molar-refractivity contribution in [3.63, 3.8) is 0 Å². The van der Waals surface area contributed by atoms with Crippen molar-refractivity contribution in [2.75, 3.05) is 17.2 Å². The summed E-state index contributed by atoms with van der Waals surface area (Å²) in [5.41, 5.74) is 2.92. The molecule has 2 heterocycles. The van der Waals surface area contributed by atoms with E-state index in [1.165, 1.54) is 29.4 Å². The summed E-state index contributed by atoms with van der Waals surface area (Å²) in [6, 6.07) is 20.1. The molecule has 2 amide bonds. The largest absolute Gasteiger partial charge is 0.462 e. The highest BCUT2D eigenvalue weighted by Gasteiger charge is 2.29. The van der Waals surface area contributed by atoms with Gasteiger partial charge in [-0.2, -0.15) is 0 Å². The highest BCUT2D eigenvalue weighted by molar-refractivity contribution is 8.00. The van der Waals surface area contributed by atoms with Crippen LogP contribution in [0.4, 0.5) is 10.7 Å². The van der Waals surface area contributed by atoms with Gasteiger partial charge >= 0.3 is 5.97 Å². The summed E-state index contributed by atoms with van der Waals surface area (Å²) in [6.07, 6.45) is 6.36. The summed E-state index contributed by atoms with van der Waals surface area (Å²) in [6.45, 7) is 2.06. The number of ether oxygens (including phenoxy) is 1. The van der Waals surface area contributed by atoms with Crippen molar-refractivity contribution in [3.8, 4) is 0 Å². The summed E-state index contributed by atoms with van der Waals surface area (Å²) in [5.74, 6) is -0.760. The number of benzene rings is 2. The molecule has 0 aliphatic heterocycles. The Hall–Kier alpha value is -3.82. The molecular weight excluding hydrogens is 544 g/mol. The number of rotatable bonds is 9. The van der Waals surface area contributed by atoms with Crippen LogP contribution in [-0.2, 0) is 22.4 Å². The number of amides is 2. The van der Waals surface area contributed by atoms with Crippen LogP contribution in [-0.4, -0.2) is 24.4 Å². The molecule has 0 spiro atoms. The lowest BCUT2D eigenvalue weighted by Gasteiger charge is -2.18. The van der Waals surface area contributed by atoms with E-state index in [1.807, 2.05) is 48.5 Å². The number of anilines is 2. The molecule has 1 aliphatic carbocycles. The van der Waals surface area contributed by atoms with Gasteiger partial charge in [0.15, 0.2) is 5.76 Å². The van der Waals surface area contributed by atoms with Crippen LogP contribution in [0.25, 0.3) is 0 Å². The predicted octanol–water partition coefficient (Wildman–Crippen LogP) is 7.51. The fraction of sp³-hybridized carbons (Fsp3) is 0.258. The predicted molar refractivity (Wildman–Crippen MR) is 158 cm³/mol. The standard InChI is InChI=1S/C31H30N2O5S2/c1-2-37-31(36)26-23-15-7-4-8-17-25(23)40-30(26)33-29(35)27(20-11-5-3-6-12-20)39-22-14-9-13-21(19-22)32-28(34)24-16-10-18-38-24/h3,5-6,9-14,16,18-19,27H,2,4,7-8,15,17H2,1H3,(H,32,34)(H,33,35). The number of hydrogen-bond acceptors (Lipinski definition) is 7. The summed E-state index contributed by atoms with van der Waals surface area (Å²) in [4.78, 5) is 41.3. The van der Waals surface area contributed by atoms with Crippen molar-refractivity contribution in [1.29, 1.82) is 0 Å². The molecule has 9 heteroatoms. The van der Waals surface area contributed by atoms with Crippen molar-refractivity contribution < 1.29 is 23.5 Å². The van der Waals surface area contributed by atoms with Crippen LogP contribution in [0.15, 0.2) is 82.3 Å². The third kappa shape index (κ3) is 6.48. The molecule has 5 rings (SSSR count). The van der Waals surface area contributed by atoms with Gasteiger partial charge in [0, 0.05) is 15.5 Å². The van der Waals surface area contributed by atoms with E-state index in [0.29, 0.717) is 16.3 Å². The van der Waals surface area contributed by atoms with Crippen LogP contribution in [0, 0.1) is 0 Å². The fourth-order valence-electron chi connectivity index (χ4n) is 4.71. The lowest BCUT2D eigenvalue weighted by atomic mass is 10.1. The highest BCUT2D eigenvalue weighted by atomic mass is 32.2. The molecule has 0 bridgehead atoms. The maximum absolute atomic E-state index is 13.9. The van der Waals surface area contributed by atoms with Crippen molar-refractivity contribution >= 4 is 51.6 Å². The van der Waals surface area contributed by atoms with Crippen molar-refractivity contribution in [2.24, 2.45) is 0 Å². The van der Waals surface area contributed by atoms with Gasteiger partial charge < -0.3 is 19.8 Å². The molecular formula is C31H30N2O5S2. The van der Waals surface area contributed by atoms with Gasteiger partial charge in [-0.1, -0.05) is 42.8 Å². The number of furan rings is 1.